The molecular formula is C18H24N4O2S. The minimum absolute atomic E-state index is 0.0479. The Morgan fingerprint density at radius 3 is 2.52 bits per heavy atom. The zero-order chi connectivity index (χ0) is 18.6. The number of nitrogens with two attached hydrogens (primary N) is 1. The highest BCUT2D eigenvalue weighted by molar-refractivity contribution is 8.05. The van der Waals surface area contributed by atoms with Crippen molar-refractivity contribution < 1.29 is 9.59 Å². The molecule has 6 nitrogen and oxygen atoms in total. The first-order valence-corrected chi connectivity index (χ1v) is 8.95. The predicted octanol–water partition coefficient (Wildman–Crippen LogP) is 2.43. The minimum Gasteiger partial charge on any atom is -0.383 e. The lowest BCUT2D eigenvalue weighted by molar-refractivity contribution is -0.122. The summed E-state index contributed by atoms with van der Waals surface area (Å²) in [4.78, 5) is 27.3. The van der Waals surface area contributed by atoms with Gasteiger partial charge in [0.2, 0.25) is 11.8 Å². The number of carbonyl (C=O) groups is 2. The highest BCUT2D eigenvalue weighted by atomic mass is 32.2. The second kappa shape index (κ2) is 7.74. The average molecular weight is 360 g/mol. The van der Waals surface area contributed by atoms with Gasteiger partial charge in [-0.1, -0.05) is 55.9 Å². The fourth-order valence-electron chi connectivity index (χ4n) is 2.53. The molecule has 2 rings (SSSR count). The van der Waals surface area contributed by atoms with E-state index in [-0.39, 0.29) is 23.6 Å². The topological polar surface area (TPSA) is 96.6 Å². The molecule has 0 aromatic heterocycles. The van der Waals surface area contributed by atoms with E-state index >= 15 is 0 Å². The summed E-state index contributed by atoms with van der Waals surface area (Å²) in [6.07, 6.45) is 0.435. The first-order valence-electron chi connectivity index (χ1n) is 8.13. The number of aliphatic imine (C=N–C) groups is 1. The van der Waals surface area contributed by atoms with Gasteiger partial charge in [-0.05, 0) is 18.4 Å². The van der Waals surface area contributed by atoms with Gasteiger partial charge in [0.15, 0.2) is 4.99 Å². The molecule has 0 bridgehead atoms. The Labute approximate surface area is 152 Å². The summed E-state index contributed by atoms with van der Waals surface area (Å²) in [5, 5.41) is 6.33. The first kappa shape index (κ1) is 19.1. The van der Waals surface area contributed by atoms with Crippen molar-refractivity contribution in [2.75, 3.05) is 0 Å². The van der Waals surface area contributed by atoms with E-state index in [9.17, 15) is 9.59 Å². The van der Waals surface area contributed by atoms with Crippen molar-refractivity contribution in [3.63, 3.8) is 0 Å². The van der Waals surface area contributed by atoms with Gasteiger partial charge >= 0.3 is 0 Å². The zero-order valence-corrected chi connectivity index (χ0v) is 15.7. The van der Waals surface area contributed by atoms with E-state index in [4.69, 9.17) is 5.73 Å². The van der Waals surface area contributed by atoms with Gasteiger partial charge in [0.25, 0.3) is 0 Å². The van der Waals surface area contributed by atoms with Crippen molar-refractivity contribution in [2.24, 2.45) is 16.6 Å². The van der Waals surface area contributed by atoms with Crippen LogP contribution in [0.2, 0.25) is 0 Å². The van der Waals surface area contributed by atoms with Gasteiger partial charge < -0.3 is 16.4 Å². The lowest BCUT2D eigenvalue weighted by Gasteiger charge is -2.27. The lowest BCUT2D eigenvalue weighted by atomic mass is 10.1. The maximum Gasteiger partial charge on any atom is 0.244 e. The van der Waals surface area contributed by atoms with Gasteiger partial charge in [-0.15, -0.1) is 0 Å². The van der Waals surface area contributed by atoms with E-state index in [1.54, 1.807) is 0 Å². The number of hydrogen-bond acceptors (Lipinski definition) is 4. The largest absolute Gasteiger partial charge is 0.383 e. The molecule has 1 aliphatic rings. The Bertz CT molecular complexity index is 728. The van der Waals surface area contributed by atoms with E-state index in [1.807, 2.05) is 51.1 Å². The van der Waals surface area contributed by atoms with Crippen LogP contribution in [0, 0.1) is 5.92 Å². The quantitative estimate of drug-likeness (QED) is 0.553. The summed E-state index contributed by atoms with van der Waals surface area (Å²) in [6, 6.07) is 9.62. The van der Waals surface area contributed by atoms with Crippen molar-refractivity contribution in [1.82, 2.24) is 10.6 Å². The van der Waals surface area contributed by atoms with Crippen LogP contribution in [0.1, 0.15) is 39.7 Å². The molecule has 2 amide bonds. The van der Waals surface area contributed by atoms with Crippen LogP contribution >= 0.6 is 11.8 Å². The van der Waals surface area contributed by atoms with Crippen LogP contribution in [0.15, 0.2) is 40.2 Å². The fourth-order valence-corrected chi connectivity index (χ4v) is 3.68. The van der Waals surface area contributed by atoms with Gasteiger partial charge in [0, 0.05) is 13.3 Å². The molecule has 4 N–H and O–H groups in total. The molecule has 0 spiro atoms. The monoisotopic (exact) mass is 360 g/mol. The second-order valence-electron chi connectivity index (χ2n) is 6.49. The lowest BCUT2D eigenvalue weighted by Crippen LogP contribution is -2.51. The van der Waals surface area contributed by atoms with Crippen molar-refractivity contribution in [3.8, 4) is 0 Å². The van der Waals surface area contributed by atoms with Crippen LogP contribution in [0.25, 0.3) is 5.70 Å². The smallest absolute Gasteiger partial charge is 0.244 e. The summed E-state index contributed by atoms with van der Waals surface area (Å²) < 4.78 is 0. The van der Waals surface area contributed by atoms with Crippen LogP contribution in [-0.4, -0.2) is 22.6 Å². The predicted molar refractivity (Wildman–Crippen MR) is 102 cm³/mol. The highest BCUT2D eigenvalue weighted by Crippen LogP contribution is 2.40. The first-order chi connectivity index (χ1) is 11.7. The molecule has 1 heterocycles. The van der Waals surface area contributed by atoms with Crippen molar-refractivity contribution >= 4 is 35.1 Å². The third kappa shape index (κ3) is 5.09. The molecule has 1 aromatic carbocycles. The molecule has 7 heteroatoms. The van der Waals surface area contributed by atoms with Gasteiger partial charge in [-0.2, -0.15) is 4.99 Å². The molecule has 0 saturated carbocycles. The Hall–Kier alpha value is -2.28. The van der Waals surface area contributed by atoms with Crippen LogP contribution in [0.4, 0.5) is 0 Å². The number of rotatable bonds is 5. The Morgan fingerprint density at radius 2 is 1.96 bits per heavy atom. The van der Waals surface area contributed by atoms with Gasteiger partial charge in [0.05, 0.1) is 10.6 Å². The number of hydrogen-bond donors (Lipinski definition) is 3. The number of thioether (sulfide) groups is 1. The molecule has 1 aromatic rings. The number of benzene rings is 1. The van der Waals surface area contributed by atoms with Gasteiger partial charge in [-0.25, -0.2) is 0 Å². The number of nitrogens with one attached hydrogen (secondary N) is 2. The molecule has 0 radical (unpaired) electrons. The van der Waals surface area contributed by atoms with E-state index in [2.05, 4.69) is 15.6 Å². The Kier molecular flexibility index (Phi) is 5.89. The number of carbonyl (C=O) groups excluding carboxylic acids is 2. The Balaban J connectivity index is 2.33. The summed E-state index contributed by atoms with van der Waals surface area (Å²) in [6.45, 7) is 7.21. The fraction of sp³-hybridized carbons (Fsp3) is 0.389. The number of nitrogens with zero attached hydrogens (tertiary/aromatic N) is 1. The average Bonchev–Trinajstić information content (AvgIpc) is 2.84. The molecule has 0 saturated heterocycles. The number of amides is 2. The van der Waals surface area contributed by atoms with E-state index < -0.39 is 4.99 Å². The molecule has 25 heavy (non-hydrogen) atoms. The zero-order valence-electron chi connectivity index (χ0n) is 14.9. The van der Waals surface area contributed by atoms with Crippen molar-refractivity contribution in [2.45, 2.75) is 39.1 Å². The SMILES string of the molecule is CC(=O)N=C(N)C1=C(c2ccccc2)NC(C)(NC(=O)CC(C)C)S1. The number of amidine groups is 1. The van der Waals surface area contributed by atoms with E-state index in [0.29, 0.717) is 11.3 Å². The third-order valence-electron chi connectivity index (χ3n) is 3.44. The maximum atomic E-state index is 12.2. The molecule has 134 valence electrons. The standard InChI is InChI=1S/C18H24N4O2S/c1-11(2)10-14(24)21-18(4)22-15(13-8-6-5-7-9-13)16(25-18)17(19)20-12(3)23/h5-9,11,22H,10H2,1-4H3,(H,21,24)(H2,19,20,23). The van der Waals surface area contributed by atoms with Crippen LogP contribution < -0.4 is 16.4 Å². The normalized spacial score (nSPS) is 20.6. The van der Waals surface area contributed by atoms with Crippen molar-refractivity contribution in [3.05, 3.63) is 40.8 Å². The van der Waals surface area contributed by atoms with Crippen LogP contribution in [0.3, 0.4) is 0 Å². The Morgan fingerprint density at radius 1 is 1.32 bits per heavy atom. The van der Waals surface area contributed by atoms with Crippen LogP contribution in [0.5, 0.6) is 0 Å². The third-order valence-corrected chi connectivity index (χ3v) is 4.67. The van der Waals surface area contributed by atoms with E-state index in [0.717, 1.165) is 11.3 Å². The summed E-state index contributed by atoms with van der Waals surface area (Å²) in [7, 11) is 0. The molecule has 1 atom stereocenters. The van der Waals surface area contributed by atoms with Gasteiger partial charge in [-0.3, -0.25) is 9.59 Å². The molecule has 1 aliphatic heterocycles. The minimum atomic E-state index is -0.761. The summed E-state index contributed by atoms with van der Waals surface area (Å²) >= 11 is 1.35. The molecular weight excluding hydrogens is 336 g/mol. The molecule has 1 unspecified atom stereocenters. The van der Waals surface area contributed by atoms with E-state index in [1.165, 1.54) is 18.7 Å². The van der Waals surface area contributed by atoms with Crippen LogP contribution in [-0.2, 0) is 9.59 Å². The van der Waals surface area contributed by atoms with Gasteiger partial charge in [0.1, 0.15) is 5.84 Å². The second-order valence-corrected chi connectivity index (χ2v) is 7.92. The maximum absolute atomic E-state index is 12.2. The molecule has 0 aliphatic carbocycles. The summed E-state index contributed by atoms with van der Waals surface area (Å²) in [5.74, 6) is -0.00486. The summed E-state index contributed by atoms with van der Waals surface area (Å²) in [5.41, 5.74) is 7.70. The van der Waals surface area contributed by atoms with Crippen molar-refractivity contribution in [1.29, 1.82) is 0 Å². The molecule has 0 fully saturated rings. The highest BCUT2D eigenvalue weighted by Gasteiger charge is 2.38.